The van der Waals surface area contributed by atoms with Crippen molar-refractivity contribution in [2.24, 2.45) is 14.1 Å². The number of nitrogens with one attached hydrogen (secondary N) is 1. The van der Waals surface area contributed by atoms with E-state index in [1.807, 2.05) is 31.2 Å². The largest absolute Gasteiger partial charge is 0.491 e. The second-order valence-corrected chi connectivity index (χ2v) is 6.61. The molecule has 0 aliphatic carbocycles. The quantitative estimate of drug-likeness (QED) is 0.644. The summed E-state index contributed by atoms with van der Waals surface area (Å²) in [5.74, 6) is 0.649. The van der Waals surface area contributed by atoms with E-state index in [9.17, 15) is 14.7 Å². The number of H-pyrrole nitrogens is 1. The fourth-order valence-corrected chi connectivity index (χ4v) is 3.01. The number of hydrogen-bond donors (Lipinski definition) is 2. The fourth-order valence-electron chi connectivity index (χ4n) is 2.75. The number of benzene rings is 1. The van der Waals surface area contributed by atoms with Crippen molar-refractivity contribution in [1.29, 1.82) is 0 Å². The topological polar surface area (TPSA) is 94.2 Å². The standard InChI is InChI=1S/C17H20N4O4S/c1-10-4-6-12(7-5-10)25-9-11(22)8-21-13-14(18-16(21)26)19(2)17(24)20(3)15(13)23/h4-7,11,22H,8-9H2,1-3H3,(H,18,26). The monoisotopic (exact) mass is 376 g/mol. The second kappa shape index (κ2) is 6.93. The molecule has 3 aromatic rings. The number of aliphatic hydroxyl groups excluding tert-OH is 1. The maximum Gasteiger partial charge on any atom is 0.332 e. The third kappa shape index (κ3) is 3.23. The molecule has 1 atom stereocenters. The number of fused-ring (bicyclic) bond motifs is 1. The van der Waals surface area contributed by atoms with E-state index in [1.54, 1.807) is 7.05 Å². The first-order chi connectivity index (χ1) is 12.3. The van der Waals surface area contributed by atoms with Gasteiger partial charge in [-0.3, -0.25) is 13.9 Å². The lowest BCUT2D eigenvalue weighted by Crippen LogP contribution is -2.38. The van der Waals surface area contributed by atoms with Crippen molar-refractivity contribution < 1.29 is 9.84 Å². The SMILES string of the molecule is Cc1ccc(OCC(O)Cn2c(=S)[nH]c3c2c(=O)n(C)c(=O)n3C)cc1. The Morgan fingerprint density at radius 1 is 1.19 bits per heavy atom. The number of ether oxygens (including phenoxy) is 1. The third-order valence-electron chi connectivity index (χ3n) is 4.24. The molecule has 0 saturated carbocycles. The minimum absolute atomic E-state index is 0.0452. The maximum absolute atomic E-state index is 12.5. The molecule has 0 spiro atoms. The summed E-state index contributed by atoms with van der Waals surface area (Å²) < 4.78 is 9.66. The van der Waals surface area contributed by atoms with Crippen LogP contribution in [0.5, 0.6) is 5.75 Å². The lowest BCUT2D eigenvalue weighted by molar-refractivity contribution is 0.0930. The van der Waals surface area contributed by atoms with Gasteiger partial charge in [0.2, 0.25) is 0 Å². The Hall–Kier alpha value is -2.65. The Morgan fingerprint density at radius 3 is 2.50 bits per heavy atom. The van der Waals surface area contributed by atoms with Gasteiger partial charge in [-0.25, -0.2) is 4.79 Å². The summed E-state index contributed by atoms with van der Waals surface area (Å²) in [5.41, 5.74) is 0.768. The van der Waals surface area contributed by atoms with Crippen LogP contribution in [0.15, 0.2) is 33.9 Å². The van der Waals surface area contributed by atoms with Crippen molar-refractivity contribution in [3.8, 4) is 5.75 Å². The molecule has 0 aliphatic heterocycles. The zero-order valence-electron chi connectivity index (χ0n) is 14.7. The molecule has 8 nitrogen and oxygen atoms in total. The van der Waals surface area contributed by atoms with Crippen LogP contribution in [0.3, 0.4) is 0 Å². The normalized spacial score (nSPS) is 12.5. The first-order valence-corrected chi connectivity index (χ1v) is 8.46. The highest BCUT2D eigenvalue weighted by Crippen LogP contribution is 2.13. The van der Waals surface area contributed by atoms with E-state index in [1.165, 1.54) is 16.2 Å². The van der Waals surface area contributed by atoms with E-state index < -0.39 is 17.4 Å². The van der Waals surface area contributed by atoms with Gasteiger partial charge in [0.25, 0.3) is 5.56 Å². The van der Waals surface area contributed by atoms with Crippen LogP contribution in [0.4, 0.5) is 0 Å². The van der Waals surface area contributed by atoms with Gasteiger partial charge in [-0.2, -0.15) is 0 Å². The summed E-state index contributed by atoms with van der Waals surface area (Å²) in [6.07, 6.45) is -0.885. The van der Waals surface area contributed by atoms with Crippen LogP contribution in [0, 0.1) is 11.7 Å². The molecule has 0 aliphatic rings. The van der Waals surface area contributed by atoms with Crippen LogP contribution in [-0.4, -0.2) is 36.5 Å². The zero-order valence-corrected chi connectivity index (χ0v) is 15.5. The first-order valence-electron chi connectivity index (χ1n) is 8.05. The molecule has 138 valence electrons. The van der Waals surface area contributed by atoms with Gasteiger partial charge in [0.15, 0.2) is 10.3 Å². The van der Waals surface area contributed by atoms with Gasteiger partial charge in [0, 0.05) is 14.1 Å². The number of rotatable bonds is 5. The van der Waals surface area contributed by atoms with Gasteiger partial charge in [-0.1, -0.05) is 17.7 Å². The molecule has 2 heterocycles. The third-order valence-corrected chi connectivity index (χ3v) is 4.56. The fraction of sp³-hybridized carbons (Fsp3) is 0.353. The van der Waals surface area contributed by atoms with E-state index in [0.717, 1.165) is 10.1 Å². The average Bonchev–Trinajstić information content (AvgIpc) is 2.94. The highest BCUT2D eigenvalue weighted by molar-refractivity contribution is 7.71. The number of aryl methyl sites for hydroxylation is 2. The van der Waals surface area contributed by atoms with Crippen LogP contribution >= 0.6 is 12.2 Å². The Labute approximate surface area is 153 Å². The molecular weight excluding hydrogens is 356 g/mol. The summed E-state index contributed by atoms with van der Waals surface area (Å²) in [6.45, 7) is 2.09. The van der Waals surface area contributed by atoms with Crippen LogP contribution < -0.4 is 16.0 Å². The predicted octanol–water partition coefficient (Wildman–Crippen LogP) is 0.845. The predicted molar refractivity (Wildman–Crippen MR) is 100 cm³/mol. The Kier molecular flexibility index (Phi) is 4.84. The molecule has 0 fully saturated rings. The molecule has 0 radical (unpaired) electrons. The van der Waals surface area contributed by atoms with Crippen LogP contribution in [0.2, 0.25) is 0 Å². The van der Waals surface area contributed by atoms with Crippen LogP contribution in [0.25, 0.3) is 11.2 Å². The molecule has 1 unspecified atom stereocenters. The van der Waals surface area contributed by atoms with E-state index >= 15 is 0 Å². The number of imidazole rings is 1. The first kappa shape index (κ1) is 18.2. The molecule has 2 aromatic heterocycles. The smallest absolute Gasteiger partial charge is 0.332 e. The molecule has 9 heteroatoms. The average molecular weight is 376 g/mol. The van der Waals surface area contributed by atoms with E-state index in [-0.39, 0.29) is 23.4 Å². The number of hydrogen-bond acceptors (Lipinski definition) is 5. The Balaban J connectivity index is 1.88. The molecule has 26 heavy (non-hydrogen) atoms. The van der Waals surface area contributed by atoms with E-state index in [0.29, 0.717) is 11.4 Å². The van der Waals surface area contributed by atoms with E-state index in [2.05, 4.69) is 4.98 Å². The Morgan fingerprint density at radius 2 is 1.85 bits per heavy atom. The van der Waals surface area contributed by atoms with Crippen molar-refractivity contribution >= 4 is 23.4 Å². The number of aliphatic hydroxyl groups is 1. The number of nitrogens with zero attached hydrogens (tertiary/aromatic N) is 3. The van der Waals surface area contributed by atoms with Crippen molar-refractivity contribution in [2.75, 3.05) is 6.61 Å². The zero-order chi connectivity index (χ0) is 19.0. The Bertz CT molecular complexity index is 1120. The van der Waals surface area contributed by atoms with E-state index in [4.69, 9.17) is 17.0 Å². The lowest BCUT2D eigenvalue weighted by Gasteiger charge is -2.14. The van der Waals surface area contributed by atoms with Gasteiger partial charge in [-0.05, 0) is 31.3 Å². The van der Waals surface area contributed by atoms with Gasteiger partial charge >= 0.3 is 5.69 Å². The van der Waals surface area contributed by atoms with Crippen molar-refractivity contribution in [2.45, 2.75) is 19.6 Å². The molecule has 0 amide bonds. The molecule has 0 saturated heterocycles. The number of aromatic amines is 1. The minimum Gasteiger partial charge on any atom is -0.491 e. The summed E-state index contributed by atoms with van der Waals surface area (Å²) in [4.78, 5) is 27.4. The molecule has 2 N–H and O–H groups in total. The molecule has 1 aromatic carbocycles. The summed E-state index contributed by atoms with van der Waals surface area (Å²) in [7, 11) is 2.96. The van der Waals surface area contributed by atoms with Crippen LogP contribution in [0.1, 0.15) is 5.56 Å². The highest BCUT2D eigenvalue weighted by atomic mass is 32.1. The summed E-state index contributed by atoms with van der Waals surface area (Å²) in [5, 5.41) is 10.3. The van der Waals surface area contributed by atoms with Crippen LogP contribution in [-0.2, 0) is 20.6 Å². The lowest BCUT2D eigenvalue weighted by atomic mass is 10.2. The minimum atomic E-state index is -0.885. The maximum atomic E-state index is 12.5. The summed E-state index contributed by atoms with van der Waals surface area (Å²) >= 11 is 5.26. The van der Waals surface area contributed by atoms with Crippen molar-refractivity contribution in [1.82, 2.24) is 18.7 Å². The van der Waals surface area contributed by atoms with Gasteiger partial charge in [0.05, 0.1) is 6.54 Å². The van der Waals surface area contributed by atoms with Crippen molar-refractivity contribution in [3.05, 3.63) is 55.4 Å². The molecular formula is C17H20N4O4S. The summed E-state index contributed by atoms with van der Waals surface area (Å²) in [6, 6.07) is 7.49. The van der Waals surface area contributed by atoms with Gasteiger partial charge in [-0.15, -0.1) is 0 Å². The van der Waals surface area contributed by atoms with Crippen molar-refractivity contribution in [3.63, 3.8) is 0 Å². The second-order valence-electron chi connectivity index (χ2n) is 6.22. The highest BCUT2D eigenvalue weighted by Gasteiger charge is 2.17. The van der Waals surface area contributed by atoms with Gasteiger partial charge < -0.3 is 19.4 Å². The molecule has 0 bridgehead atoms. The molecule has 3 rings (SSSR count). The number of aromatic nitrogens is 4. The van der Waals surface area contributed by atoms with Gasteiger partial charge in [0.1, 0.15) is 24.1 Å².